The fraction of sp³-hybridized carbons (Fsp3) is 0.462. The third kappa shape index (κ3) is 2.58. The molecule has 0 radical (unpaired) electrons. The van der Waals surface area contributed by atoms with Gasteiger partial charge in [-0.3, -0.25) is 4.79 Å². The lowest BCUT2D eigenvalue weighted by Gasteiger charge is -2.21. The van der Waals surface area contributed by atoms with E-state index in [2.05, 4.69) is 0 Å². The maximum absolute atomic E-state index is 10.8. The second-order valence-corrected chi connectivity index (χ2v) is 4.62. The molecule has 1 aromatic carbocycles. The van der Waals surface area contributed by atoms with E-state index in [0.29, 0.717) is 12.8 Å². The van der Waals surface area contributed by atoms with E-state index in [0.717, 1.165) is 5.56 Å². The van der Waals surface area contributed by atoms with E-state index in [-0.39, 0.29) is 24.0 Å². The monoisotopic (exact) mass is 236 g/mol. The smallest absolute Gasteiger partial charge is 0.303 e. The van der Waals surface area contributed by atoms with Gasteiger partial charge in [0, 0.05) is 12.3 Å². The quantitative estimate of drug-likeness (QED) is 0.746. The minimum Gasteiger partial charge on any atom is -0.508 e. The molecule has 92 valence electrons. The number of hydrogen-bond acceptors (Lipinski definition) is 3. The average Bonchev–Trinajstić information content (AvgIpc) is 2.59. The van der Waals surface area contributed by atoms with Crippen LogP contribution < -0.4 is 0 Å². The Morgan fingerprint density at radius 3 is 2.76 bits per heavy atom. The van der Waals surface area contributed by atoms with Crippen LogP contribution in [-0.2, 0) is 4.79 Å². The lowest BCUT2D eigenvalue weighted by Crippen LogP contribution is -2.19. The fourth-order valence-electron chi connectivity index (χ4n) is 2.74. The number of aliphatic carboxylic acids is 1. The van der Waals surface area contributed by atoms with Crippen LogP contribution in [-0.4, -0.2) is 27.4 Å². The van der Waals surface area contributed by atoms with E-state index in [9.17, 15) is 15.0 Å². The molecule has 0 aliphatic heterocycles. The van der Waals surface area contributed by atoms with Crippen LogP contribution in [0, 0.1) is 5.92 Å². The first kappa shape index (κ1) is 11.9. The van der Waals surface area contributed by atoms with Crippen LogP contribution in [0.25, 0.3) is 0 Å². The average molecular weight is 236 g/mol. The topological polar surface area (TPSA) is 77.8 Å². The van der Waals surface area contributed by atoms with Crippen molar-refractivity contribution in [2.45, 2.75) is 31.3 Å². The van der Waals surface area contributed by atoms with Gasteiger partial charge in [-0.05, 0) is 36.5 Å². The fourth-order valence-corrected chi connectivity index (χ4v) is 2.74. The molecular formula is C13H16O4. The molecule has 3 atom stereocenters. The summed E-state index contributed by atoms with van der Waals surface area (Å²) in [6.07, 6.45) is 0.893. The van der Waals surface area contributed by atoms with Crippen molar-refractivity contribution >= 4 is 5.97 Å². The highest BCUT2D eigenvalue weighted by Crippen LogP contribution is 2.42. The summed E-state index contributed by atoms with van der Waals surface area (Å²) in [6, 6.07) is 6.71. The Morgan fingerprint density at radius 1 is 1.35 bits per heavy atom. The Labute approximate surface area is 99.5 Å². The normalized spacial score (nSPS) is 28.2. The molecule has 0 aromatic heterocycles. The van der Waals surface area contributed by atoms with Gasteiger partial charge in [0.1, 0.15) is 5.75 Å². The molecule has 1 fully saturated rings. The van der Waals surface area contributed by atoms with Crippen LogP contribution >= 0.6 is 0 Å². The van der Waals surface area contributed by atoms with Crippen molar-refractivity contribution in [3.05, 3.63) is 29.8 Å². The first-order valence-electron chi connectivity index (χ1n) is 5.76. The molecule has 3 N–H and O–H groups in total. The summed E-state index contributed by atoms with van der Waals surface area (Å²) in [4.78, 5) is 10.8. The third-order valence-corrected chi connectivity index (χ3v) is 3.45. The van der Waals surface area contributed by atoms with E-state index in [4.69, 9.17) is 5.11 Å². The molecule has 1 aliphatic rings. The molecule has 0 bridgehead atoms. The van der Waals surface area contributed by atoms with Gasteiger partial charge in [0.15, 0.2) is 0 Å². The Hall–Kier alpha value is -1.55. The predicted molar refractivity (Wildman–Crippen MR) is 61.8 cm³/mol. The number of carboxylic acid groups (broad SMARTS) is 1. The van der Waals surface area contributed by atoms with Crippen LogP contribution in [0.3, 0.4) is 0 Å². The molecule has 1 saturated carbocycles. The number of hydrogen-bond donors (Lipinski definition) is 3. The van der Waals surface area contributed by atoms with Gasteiger partial charge in [-0.2, -0.15) is 0 Å². The summed E-state index contributed by atoms with van der Waals surface area (Å²) in [5.41, 5.74) is 0.821. The van der Waals surface area contributed by atoms with Gasteiger partial charge in [0.05, 0.1) is 6.10 Å². The summed E-state index contributed by atoms with van der Waals surface area (Å²) < 4.78 is 0. The molecule has 2 rings (SSSR count). The second kappa shape index (κ2) is 4.75. The SMILES string of the molecule is O=C(O)CC1CCC(O)C1c1cccc(O)c1. The van der Waals surface area contributed by atoms with E-state index in [1.807, 2.05) is 6.07 Å². The summed E-state index contributed by atoms with van der Waals surface area (Å²) in [6.45, 7) is 0. The third-order valence-electron chi connectivity index (χ3n) is 3.45. The van der Waals surface area contributed by atoms with Crippen molar-refractivity contribution in [1.82, 2.24) is 0 Å². The molecule has 0 spiro atoms. The van der Waals surface area contributed by atoms with Crippen molar-refractivity contribution in [3.8, 4) is 5.75 Å². The number of aliphatic hydroxyl groups is 1. The Bertz CT molecular complexity index is 416. The van der Waals surface area contributed by atoms with Crippen LogP contribution in [0.5, 0.6) is 5.75 Å². The minimum absolute atomic E-state index is 0.0516. The van der Waals surface area contributed by atoms with Crippen molar-refractivity contribution in [2.24, 2.45) is 5.92 Å². The number of aromatic hydroxyl groups is 1. The predicted octanol–water partition coefficient (Wildman–Crippen LogP) is 1.72. The molecule has 0 heterocycles. The van der Waals surface area contributed by atoms with Crippen LogP contribution in [0.15, 0.2) is 24.3 Å². The Balaban J connectivity index is 2.24. The summed E-state index contributed by atoms with van der Waals surface area (Å²) in [7, 11) is 0. The number of aliphatic hydroxyl groups excluding tert-OH is 1. The molecule has 17 heavy (non-hydrogen) atoms. The zero-order valence-corrected chi connectivity index (χ0v) is 9.41. The Morgan fingerprint density at radius 2 is 2.12 bits per heavy atom. The van der Waals surface area contributed by atoms with E-state index in [1.165, 1.54) is 0 Å². The largest absolute Gasteiger partial charge is 0.508 e. The van der Waals surface area contributed by atoms with Crippen LogP contribution in [0.2, 0.25) is 0 Å². The zero-order valence-electron chi connectivity index (χ0n) is 9.41. The highest BCUT2D eigenvalue weighted by molar-refractivity contribution is 5.67. The van der Waals surface area contributed by atoms with Gasteiger partial charge < -0.3 is 15.3 Å². The molecular weight excluding hydrogens is 220 g/mol. The van der Waals surface area contributed by atoms with Crippen LogP contribution in [0.1, 0.15) is 30.7 Å². The van der Waals surface area contributed by atoms with Crippen molar-refractivity contribution in [2.75, 3.05) is 0 Å². The van der Waals surface area contributed by atoms with E-state index >= 15 is 0 Å². The van der Waals surface area contributed by atoms with Gasteiger partial charge in [0.25, 0.3) is 0 Å². The van der Waals surface area contributed by atoms with Crippen molar-refractivity contribution in [1.29, 1.82) is 0 Å². The summed E-state index contributed by atoms with van der Waals surface area (Å²) in [5.74, 6) is -0.924. The first-order chi connectivity index (χ1) is 8.08. The van der Waals surface area contributed by atoms with Gasteiger partial charge in [0.2, 0.25) is 0 Å². The lowest BCUT2D eigenvalue weighted by molar-refractivity contribution is -0.138. The minimum atomic E-state index is -0.839. The van der Waals surface area contributed by atoms with Crippen molar-refractivity contribution in [3.63, 3.8) is 0 Å². The molecule has 1 aromatic rings. The Kier molecular flexibility index (Phi) is 3.33. The molecule has 4 heteroatoms. The maximum Gasteiger partial charge on any atom is 0.303 e. The zero-order chi connectivity index (χ0) is 12.4. The number of benzene rings is 1. The second-order valence-electron chi connectivity index (χ2n) is 4.62. The number of rotatable bonds is 3. The molecule has 1 aliphatic carbocycles. The van der Waals surface area contributed by atoms with Crippen LogP contribution in [0.4, 0.5) is 0 Å². The number of carboxylic acids is 1. The lowest BCUT2D eigenvalue weighted by atomic mass is 9.85. The highest BCUT2D eigenvalue weighted by atomic mass is 16.4. The number of carbonyl (C=O) groups is 1. The van der Waals surface area contributed by atoms with Gasteiger partial charge >= 0.3 is 5.97 Å². The van der Waals surface area contributed by atoms with Gasteiger partial charge in [-0.1, -0.05) is 12.1 Å². The van der Waals surface area contributed by atoms with E-state index in [1.54, 1.807) is 18.2 Å². The molecule has 4 nitrogen and oxygen atoms in total. The summed E-state index contributed by atoms with van der Waals surface area (Å²) in [5, 5.41) is 28.2. The summed E-state index contributed by atoms with van der Waals surface area (Å²) >= 11 is 0. The van der Waals surface area contributed by atoms with Gasteiger partial charge in [-0.15, -0.1) is 0 Å². The molecule has 0 amide bonds. The number of phenols is 1. The van der Waals surface area contributed by atoms with Gasteiger partial charge in [-0.25, -0.2) is 0 Å². The van der Waals surface area contributed by atoms with Crippen molar-refractivity contribution < 1.29 is 20.1 Å². The number of phenolic OH excluding ortho intramolecular Hbond substituents is 1. The standard InChI is InChI=1S/C13H16O4/c14-10-3-1-2-8(6-10)13-9(7-12(16)17)4-5-11(13)15/h1-3,6,9,11,13-15H,4-5,7H2,(H,16,17). The van der Waals surface area contributed by atoms with E-state index < -0.39 is 12.1 Å². The molecule has 3 unspecified atom stereocenters. The highest BCUT2D eigenvalue weighted by Gasteiger charge is 2.37. The first-order valence-corrected chi connectivity index (χ1v) is 5.76. The maximum atomic E-state index is 10.8. The molecule has 0 saturated heterocycles.